The van der Waals surface area contributed by atoms with Crippen LogP contribution in [0.3, 0.4) is 0 Å². The summed E-state index contributed by atoms with van der Waals surface area (Å²) in [6, 6.07) is 10.1. The number of rotatable bonds is 1. The number of benzene rings is 1. The SMILES string of the molecule is O=c1c2ccccc2sn1-c1ccc(F)cn1. The summed E-state index contributed by atoms with van der Waals surface area (Å²) in [5.74, 6) is 0.0283. The maximum atomic E-state index is 12.8. The normalized spacial score (nSPS) is 10.9. The van der Waals surface area contributed by atoms with Crippen molar-refractivity contribution in [3.8, 4) is 5.82 Å². The Hall–Kier alpha value is -2.01. The second kappa shape index (κ2) is 3.78. The van der Waals surface area contributed by atoms with Gasteiger partial charge < -0.3 is 0 Å². The lowest BCUT2D eigenvalue weighted by Crippen LogP contribution is -2.11. The first-order valence-electron chi connectivity index (χ1n) is 4.99. The zero-order valence-corrected chi connectivity index (χ0v) is 9.45. The third-order valence-electron chi connectivity index (χ3n) is 2.41. The van der Waals surface area contributed by atoms with Crippen molar-refractivity contribution in [2.24, 2.45) is 0 Å². The average molecular weight is 246 g/mol. The first-order chi connectivity index (χ1) is 8.25. The molecule has 0 unspecified atom stereocenters. The van der Waals surface area contributed by atoms with Gasteiger partial charge in [0.15, 0.2) is 0 Å². The molecule has 0 aliphatic rings. The first-order valence-corrected chi connectivity index (χ1v) is 5.76. The van der Waals surface area contributed by atoms with Crippen LogP contribution in [-0.2, 0) is 0 Å². The van der Waals surface area contributed by atoms with Crippen LogP contribution >= 0.6 is 11.5 Å². The number of nitrogens with zero attached hydrogens (tertiary/aromatic N) is 2. The topological polar surface area (TPSA) is 34.9 Å². The van der Waals surface area contributed by atoms with Gasteiger partial charge >= 0.3 is 0 Å². The highest BCUT2D eigenvalue weighted by Gasteiger charge is 2.09. The summed E-state index contributed by atoms with van der Waals surface area (Å²) >= 11 is 1.30. The lowest BCUT2D eigenvalue weighted by atomic mass is 10.3. The molecule has 3 aromatic rings. The number of aromatic nitrogens is 2. The summed E-state index contributed by atoms with van der Waals surface area (Å²) in [6.45, 7) is 0. The molecule has 0 aliphatic carbocycles. The van der Waals surface area contributed by atoms with Crippen LogP contribution in [0.2, 0.25) is 0 Å². The Morgan fingerprint density at radius 2 is 2.00 bits per heavy atom. The molecular weight excluding hydrogens is 239 g/mol. The van der Waals surface area contributed by atoms with Gasteiger partial charge in [-0.2, -0.15) is 0 Å². The van der Waals surface area contributed by atoms with Gasteiger partial charge in [-0.25, -0.2) is 13.3 Å². The van der Waals surface area contributed by atoms with Crippen LogP contribution < -0.4 is 5.56 Å². The predicted molar refractivity (Wildman–Crippen MR) is 65.2 cm³/mol. The molecule has 1 aromatic carbocycles. The Labute approximate surface area is 99.9 Å². The lowest BCUT2D eigenvalue weighted by molar-refractivity contribution is 0.620. The van der Waals surface area contributed by atoms with Gasteiger partial charge in [-0.15, -0.1) is 0 Å². The van der Waals surface area contributed by atoms with E-state index in [2.05, 4.69) is 4.98 Å². The third-order valence-corrected chi connectivity index (χ3v) is 3.50. The molecular formula is C12H7FN2OS. The Balaban J connectivity index is 2.27. The van der Waals surface area contributed by atoms with E-state index in [9.17, 15) is 9.18 Å². The molecule has 2 aromatic heterocycles. The van der Waals surface area contributed by atoms with E-state index in [1.54, 1.807) is 6.07 Å². The molecule has 0 aliphatic heterocycles. The summed E-state index contributed by atoms with van der Waals surface area (Å²) in [6.07, 6.45) is 1.10. The molecule has 0 radical (unpaired) electrons. The highest BCUT2D eigenvalue weighted by atomic mass is 32.1. The lowest BCUT2D eigenvalue weighted by Gasteiger charge is -1.97. The summed E-state index contributed by atoms with van der Waals surface area (Å²) in [7, 11) is 0. The van der Waals surface area contributed by atoms with Gasteiger partial charge in [0.05, 0.1) is 16.3 Å². The minimum atomic E-state index is -0.414. The molecule has 3 rings (SSSR count). The van der Waals surface area contributed by atoms with Gasteiger partial charge in [-0.3, -0.25) is 4.79 Å². The van der Waals surface area contributed by atoms with E-state index in [-0.39, 0.29) is 5.56 Å². The molecule has 0 fully saturated rings. The summed E-state index contributed by atoms with van der Waals surface area (Å²) in [4.78, 5) is 16.0. The van der Waals surface area contributed by atoms with E-state index in [0.717, 1.165) is 10.9 Å². The van der Waals surface area contributed by atoms with Gasteiger partial charge in [-0.05, 0) is 35.8 Å². The fourth-order valence-corrected chi connectivity index (χ4v) is 2.58. The quantitative estimate of drug-likeness (QED) is 0.661. The summed E-state index contributed by atoms with van der Waals surface area (Å²) in [5, 5.41) is 0.656. The molecule has 0 saturated heterocycles. The zero-order chi connectivity index (χ0) is 11.8. The van der Waals surface area contributed by atoms with E-state index >= 15 is 0 Å². The van der Waals surface area contributed by atoms with Crippen molar-refractivity contribution in [2.45, 2.75) is 0 Å². The number of pyridine rings is 1. The molecule has 17 heavy (non-hydrogen) atoms. The molecule has 0 N–H and O–H groups in total. The van der Waals surface area contributed by atoms with E-state index in [1.165, 1.54) is 27.6 Å². The first kappa shape index (κ1) is 10.2. The summed E-state index contributed by atoms with van der Waals surface area (Å²) in [5.41, 5.74) is -0.121. The van der Waals surface area contributed by atoms with E-state index < -0.39 is 5.82 Å². The average Bonchev–Trinajstić information content (AvgIpc) is 2.69. The van der Waals surface area contributed by atoms with Crippen LogP contribution in [-0.4, -0.2) is 8.94 Å². The number of hydrogen-bond acceptors (Lipinski definition) is 3. The van der Waals surface area contributed by atoms with Crippen LogP contribution in [0.15, 0.2) is 47.4 Å². The van der Waals surface area contributed by atoms with E-state index in [1.807, 2.05) is 18.2 Å². The molecule has 84 valence electrons. The molecule has 0 spiro atoms. The van der Waals surface area contributed by atoms with Crippen molar-refractivity contribution >= 4 is 21.6 Å². The molecule has 0 atom stereocenters. The maximum absolute atomic E-state index is 12.8. The second-order valence-corrected chi connectivity index (χ2v) is 4.51. The van der Waals surface area contributed by atoms with Crippen molar-refractivity contribution in [2.75, 3.05) is 0 Å². The number of halogens is 1. The molecule has 0 bridgehead atoms. The predicted octanol–water partition coefficient (Wildman–Crippen LogP) is 2.59. The fraction of sp³-hybridized carbons (Fsp3) is 0. The van der Waals surface area contributed by atoms with Crippen molar-refractivity contribution in [3.63, 3.8) is 0 Å². The second-order valence-electron chi connectivity index (χ2n) is 3.52. The minimum Gasteiger partial charge on any atom is -0.267 e. The van der Waals surface area contributed by atoms with Crippen LogP contribution in [0, 0.1) is 5.82 Å². The molecule has 0 saturated carbocycles. The minimum absolute atomic E-state index is 0.121. The zero-order valence-electron chi connectivity index (χ0n) is 8.63. The van der Waals surface area contributed by atoms with Crippen molar-refractivity contribution in [1.82, 2.24) is 8.94 Å². The van der Waals surface area contributed by atoms with E-state index in [4.69, 9.17) is 0 Å². The molecule has 0 amide bonds. The van der Waals surface area contributed by atoms with Crippen LogP contribution in [0.5, 0.6) is 0 Å². The smallest absolute Gasteiger partial charge is 0.267 e. The highest BCUT2D eigenvalue weighted by molar-refractivity contribution is 7.14. The van der Waals surface area contributed by atoms with Crippen molar-refractivity contribution in [3.05, 3.63) is 58.8 Å². The Morgan fingerprint density at radius 1 is 1.18 bits per heavy atom. The van der Waals surface area contributed by atoms with Gasteiger partial charge in [0.2, 0.25) is 0 Å². The maximum Gasteiger partial charge on any atom is 0.274 e. The molecule has 3 nitrogen and oxygen atoms in total. The van der Waals surface area contributed by atoms with Crippen molar-refractivity contribution < 1.29 is 4.39 Å². The van der Waals surface area contributed by atoms with Crippen LogP contribution in [0.1, 0.15) is 0 Å². The van der Waals surface area contributed by atoms with Crippen LogP contribution in [0.25, 0.3) is 15.9 Å². The number of fused-ring (bicyclic) bond motifs is 1. The molecule has 2 heterocycles. The van der Waals surface area contributed by atoms with E-state index in [0.29, 0.717) is 11.2 Å². The Bertz CT molecular complexity index is 730. The largest absolute Gasteiger partial charge is 0.274 e. The van der Waals surface area contributed by atoms with Crippen LogP contribution in [0.4, 0.5) is 4.39 Å². The Kier molecular flexibility index (Phi) is 2.26. The monoisotopic (exact) mass is 246 g/mol. The van der Waals surface area contributed by atoms with Gasteiger partial charge in [0, 0.05) is 0 Å². The number of hydrogen-bond donors (Lipinski definition) is 0. The standard InChI is InChI=1S/C12H7FN2OS/c13-8-5-6-11(14-7-8)15-12(16)9-3-1-2-4-10(9)17-15/h1-7H. The highest BCUT2D eigenvalue weighted by Crippen LogP contribution is 2.18. The Morgan fingerprint density at radius 3 is 2.71 bits per heavy atom. The van der Waals surface area contributed by atoms with Crippen molar-refractivity contribution in [1.29, 1.82) is 0 Å². The summed E-state index contributed by atoms with van der Waals surface area (Å²) < 4.78 is 15.1. The van der Waals surface area contributed by atoms with Gasteiger partial charge in [0.1, 0.15) is 11.6 Å². The third kappa shape index (κ3) is 1.64. The fourth-order valence-electron chi connectivity index (χ4n) is 1.61. The van der Waals surface area contributed by atoms with Gasteiger partial charge in [0.25, 0.3) is 5.56 Å². The van der Waals surface area contributed by atoms with Gasteiger partial charge in [-0.1, -0.05) is 12.1 Å². The molecule has 5 heteroatoms.